The van der Waals surface area contributed by atoms with Gasteiger partial charge in [0.2, 0.25) is 0 Å². The molecular weight excluding hydrogens is 336 g/mol. The van der Waals surface area contributed by atoms with E-state index < -0.39 is 11.8 Å². The lowest BCUT2D eigenvalue weighted by Gasteiger charge is -2.19. The molecule has 124 valence electrons. The molecule has 6 nitrogen and oxygen atoms in total. The van der Waals surface area contributed by atoms with Gasteiger partial charge >= 0.3 is 0 Å². The summed E-state index contributed by atoms with van der Waals surface area (Å²) in [6.45, 7) is 1.85. The van der Waals surface area contributed by atoms with Crippen molar-refractivity contribution >= 4 is 17.3 Å². The number of nitriles is 3. The second kappa shape index (κ2) is 7.53. The van der Waals surface area contributed by atoms with Crippen LogP contribution in [0.1, 0.15) is 22.6 Å². The van der Waals surface area contributed by atoms with E-state index >= 15 is 0 Å². The zero-order valence-electron chi connectivity index (χ0n) is 13.7. The SMILES string of the molecule is Cc1ccc(C(/C(C#N)=C(\N)c2cnn(C)c2)C(C#N)C#N)cc1Cl. The van der Waals surface area contributed by atoms with Crippen molar-refractivity contribution in [3.63, 3.8) is 0 Å². The van der Waals surface area contributed by atoms with E-state index in [-0.39, 0.29) is 11.3 Å². The Morgan fingerprint density at radius 2 is 1.96 bits per heavy atom. The number of nitrogens with zero attached hydrogens (tertiary/aromatic N) is 5. The van der Waals surface area contributed by atoms with Gasteiger partial charge in [-0.25, -0.2) is 0 Å². The molecule has 1 unspecified atom stereocenters. The number of benzene rings is 1. The third-order valence-corrected chi connectivity index (χ3v) is 4.31. The minimum atomic E-state index is -1.08. The molecule has 7 heteroatoms. The molecule has 0 aliphatic heterocycles. The van der Waals surface area contributed by atoms with Gasteiger partial charge in [0.25, 0.3) is 0 Å². The summed E-state index contributed by atoms with van der Waals surface area (Å²) in [6.07, 6.45) is 3.19. The standard InChI is InChI=1S/C18H15ClN6/c1-11-3-4-12(5-16(11)19)17(13(6-20)7-21)15(8-22)18(23)14-9-24-25(2)10-14/h3-5,9-10,13,17H,23H2,1-2H3/b18-15-. The molecule has 0 saturated heterocycles. The quantitative estimate of drug-likeness (QED) is 0.851. The molecular formula is C18H15ClN6. The maximum absolute atomic E-state index is 9.69. The van der Waals surface area contributed by atoms with Crippen molar-refractivity contribution in [3.8, 4) is 18.2 Å². The average molecular weight is 351 g/mol. The summed E-state index contributed by atoms with van der Waals surface area (Å²) in [7, 11) is 1.73. The van der Waals surface area contributed by atoms with Gasteiger partial charge < -0.3 is 5.73 Å². The van der Waals surface area contributed by atoms with Crippen molar-refractivity contribution in [1.82, 2.24) is 9.78 Å². The highest BCUT2D eigenvalue weighted by Gasteiger charge is 2.30. The van der Waals surface area contributed by atoms with Crippen LogP contribution in [-0.2, 0) is 7.05 Å². The summed E-state index contributed by atoms with van der Waals surface area (Å²) >= 11 is 6.19. The van der Waals surface area contributed by atoms with Gasteiger partial charge in [0.05, 0.1) is 41.6 Å². The highest BCUT2D eigenvalue weighted by atomic mass is 35.5. The minimum Gasteiger partial charge on any atom is -0.397 e. The number of hydrogen-bond donors (Lipinski definition) is 1. The molecule has 0 aliphatic carbocycles. The zero-order valence-corrected chi connectivity index (χ0v) is 14.5. The smallest absolute Gasteiger partial charge is 0.144 e. The Morgan fingerprint density at radius 3 is 2.44 bits per heavy atom. The minimum absolute atomic E-state index is 0.140. The first kappa shape index (κ1) is 18.1. The van der Waals surface area contributed by atoms with Crippen LogP contribution in [0.5, 0.6) is 0 Å². The summed E-state index contributed by atoms with van der Waals surface area (Å²) in [4.78, 5) is 0. The largest absolute Gasteiger partial charge is 0.397 e. The first-order valence-electron chi connectivity index (χ1n) is 7.37. The Morgan fingerprint density at radius 1 is 1.28 bits per heavy atom. The molecule has 2 N–H and O–H groups in total. The van der Waals surface area contributed by atoms with E-state index in [1.165, 1.54) is 6.20 Å². The van der Waals surface area contributed by atoms with Crippen molar-refractivity contribution in [2.45, 2.75) is 12.8 Å². The van der Waals surface area contributed by atoms with Crippen LogP contribution in [0.3, 0.4) is 0 Å². The van der Waals surface area contributed by atoms with Crippen LogP contribution in [0.2, 0.25) is 5.02 Å². The number of hydrogen-bond acceptors (Lipinski definition) is 5. The molecule has 0 radical (unpaired) electrons. The van der Waals surface area contributed by atoms with Crippen molar-refractivity contribution in [1.29, 1.82) is 15.8 Å². The summed E-state index contributed by atoms with van der Waals surface area (Å²) in [5, 5.41) is 33.0. The number of rotatable bonds is 4. The Balaban J connectivity index is 2.69. The van der Waals surface area contributed by atoms with Crippen LogP contribution in [0, 0.1) is 46.8 Å². The van der Waals surface area contributed by atoms with Crippen LogP contribution in [0.25, 0.3) is 5.70 Å². The van der Waals surface area contributed by atoms with Crippen molar-refractivity contribution in [2.75, 3.05) is 0 Å². The van der Waals surface area contributed by atoms with Gasteiger partial charge in [0, 0.05) is 23.8 Å². The highest BCUT2D eigenvalue weighted by molar-refractivity contribution is 6.31. The van der Waals surface area contributed by atoms with E-state index in [1.54, 1.807) is 36.1 Å². The van der Waals surface area contributed by atoms with Gasteiger partial charge in [-0.05, 0) is 24.1 Å². The van der Waals surface area contributed by atoms with Crippen molar-refractivity contribution < 1.29 is 0 Å². The second-order valence-corrected chi connectivity index (χ2v) is 5.97. The third kappa shape index (κ3) is 3.63. The lowest BCUT2D eigenvalue weighted by Crippen LogP contribution is -2.16. The first-order valence-corrected chi connectivity index (χ1v) is 7.74. The van der Waals surface area contributed by atoms with Gasteiger partial charge in [-0.1, -0.05) is 23.7 Å². The van der Waals surface area contributed by atoms with Crippen LogP contribution in [0.4, 0.5) is 0 Å². The molecule has 25 heavy (non-hydrogen) atoms. The molecule has 0 amide bonds. The molecule has 2 aromatic rings. The van der Waals surface area contributed by atoms with Crippen LogP contribution >= 0.6 is 11.6 Å². The first-order chi connectivity index (χ1) is 11.9. The van der Waals surface area contributed by atoms with Crippen LogP contribution < -0.4 is 5.73 Å². The number of aryl methyl sites for hydroxylation is 2. The molecule has 1 aromatic heterocycles. The lowest BCUT2D eigenvalue weighted by molar-refractivity contribution is 0.711. The molecule has 0 bridgehead atoms. The molecule has 0 saturated carbocycles. The summed E-state index contributed by atoms with van der Waals surface area (Å²) in [6, 6.07) is 11.2. The van der Waals surface area contributed by atoms with Gasteiger partial charge in [-0.2, -0.15) is 20.9 Å². The predicted molar refractivity (Wildman–Crippen MR) is 93.6 cm³/mol. The topological polar surface area (TPSA) is 115 Å². The van der Waals surface area contributed by atoms with Gasteiger partial charge in [0.1, 0.15) is 5.92 Å². The Kier molecular flexibility index (Phi) is 5.45. The van der Waals surface area contributed by atoms with Gasteiger partial charge in [-0.15, -0.1) is 0 Å². The number of aromatic nitrogens is 2. The van der Waals surface area contributed by atoms with Crippen molar-refractivity contribution in [3.05, 3.63) is 57.9 Å². The Hall–Kier alpha value is -3.27. The number of nitrogens with two attached hydrogens (primary N) is 1. The predicted octanol–water partition coefficient (Wildman–Crippen LogP) is 3.02. The molecule has 0 aliphatic rings. The van der Waals surface area contributed by atoms with E-state index in [9.17, 15) is 15.8 Å². The van der Waals surface area contributed by atoms with E-state index in [4.69, 9.17) is 17.3 Å². The molecule has 2 rings (SSSR count). The van der Waals surface area contributed by atoms with Gasteiger partial charge in [-0.3, -0.25) is 4.68 Å². The fourth-order valence-electron chi connectivity index (χ4n) is 2.52. The Labute approximate surface area is 151 Å². The van der Waals surface area contributed by atoms with E-state index in [1.807, 2.05) is 19.1 Å². The summed E-state index contributed by atoms with van der Waals surface area (Å²) < 4.78 is 1.56. The number of halogens is 1. The molecule has 0 fully saturated rings. The normalized spacial score (nSPS) is 12.7. The second-order valence-electron chi connectivity index (χ2n) is 5.56. The van der Waals surface area contributed by atoms with E-state index in [0.717, 1.165) is 5.56 Å². The Bertz CT molecular complexity index is 937. The monoisotopic (exact) mass is 350 g/mol. The fourth-order valence-corrected chi connectivity index (χ4v) is 2.71. The van der Waals surface area contributed by atoms with Crippen LogP contribution in [-0.4, -0.2) is 9.78 Å². The fraction of sp³-hybridized carbons (Fsp3) is 0.222. The number of allylic oxidation sites excluding steroid dienone is 1. The highest BCUT2D eigenvalue weighted by Crippen LogP contribution is 2.36. The van der Waals surface area contributed by atoms with Gasteiger partial charge in [0.15, 0.2) is 0 Å². The summed E-state index contributed by atoms with van der Waals surface area (Å²) in [5.41, 5.74) is 8.50. The average Bonchev–Trinajstić information content (AvgIpc) is 3.04. The maximum Gasteiger partial charge on any atom is 0.144 e. The lowest BCUT2D eigenvalue weighted by atomic mass is 9.80. The zero-order chi connectivity index (χ0) is 18.6. The van der Waals surface area contributed by atoms with E-state index in [0.29, 0.717) is 16.1 Å². The van der Waals surface area contributed by atoms with E-state index in [2.05, 4.69) is 11.2 Å². The third-order valence-electron chi connectivity index (χ3n) is 3.90. The molecule has 1 heterocycles. The molecule has 1 atom stereocenters. The molecule has 0 spiro atoms. The molecule has 1 aromatic carbocycles. The van der Waals surface area contributed by atoms with Crippen molar-refractivity contribution in [2.24, 2.45) is 18.7 Å². The summed E-state index contributed by atoms with van der Waals surface area (Å²) in [5.74, 6) is -1.89. The van der Waals surface area contributed by atoms with Crippen LogP contribution in [0.15, 0.2) is 36.2 Å². The maximum atomic E-state index is 9.69.